The maximum absolute atomic E-state index is 6.84. The Morgan fingerprint density at radius 3 is 3.17 bits per heavy atom. The van der Waals surface area contributed by atoms with Crippen molar-refractivity contribution in [3.63, 3.8) is 0 Å². The largest absolute Gasteiger partial charge is 0.214 e. The Morgan fingerprint density at radius 1 is 1.83 bits per heavy atom. The summed E-state index contributed by atoms with van der Waals surface area (Å²) in [5.41, 5.74) is 8.06. The summed E-state index contributed by atoms with van der Waals surface area (Å²) in [6, 6.07) is 0. The molecule has 0 spiro atoms. The highest BCUT2D eigenvalue weighted by atomic mass is 32.1. The number of thiol groups is 1. The smallest absolute Gasteiger partial charge is 0.131 e. The highest BCUT2D eigenvalue weighted by molar-refractivity contribution is 7.78. The normalized spacial score (nSPS) is 10.8. The van der Waals surface area contributed by atoms with E-state index in [9.17, 15) is 0 Å². The molecule has 0 aliphatic heterocycles. The standard InChI is InChI=1S/C7H10N4S/c1-2-3-4-6-7(9-8)5-11(12)10-6/h3-5,8,12H,2H2,1H3/b4-3-,9-8?. The molecule has 0 unspecified atom stereocenters. The molecule has 12 heavy (non-hydrogen) atoms. The maximum atomic E-state index is 6.84. The summed E-state index contributed by atoms with van der Waals surface area (Å²) in [5.74, 6) is 0. The minimum absolute atomic E-state index is 0.537. The molecule has 0 amide bonds. The van der Waals surface area contributed by atoms with Gasteiger partial charge in [0.25, 0.3) is 0 Å². The fraction of sp³-hybridized carbons (Fsp3) is 0.286. The van der Waals surface area contributed by atoms with Crippen LogP contribution in [-0.4, -0.2) is 9.19 Å². The Labute approximate surface area is 76.3 Å². The summed E-state index contributed by atoms with van der Waals surface area (Å²) in [6.45, 7) is 2.03. The Bertz CT molecular complexity index is 302. The van der Waals surface area contributed by atoms with Gasteiger partial charge in [-0.1, -0.05) is 13.0 Å². The fourth-order valence-corrected chi connectivity index (χ4v) is 1.01. The van der Waals surface area contributed by atoms with E-state index in [1.165, 1.54) is 4.09 Å². The summed E-state index contributed by atoms with van der Waals surface area (Å²) >= 11 is 3.98. The van der Waals surface area contributed by atoms with Gasteiger partial charge in [-0.05, 0) is 25.3 Å². The number of hydrogen-bond acceptors (Lipinski definition) is 4. The predicted octanol–water partition coefficient (Wildman–Crippen LogP) is 2.66. The predicted molar refractivity (Wildman–Crippen MR) is 50.7 cm³/mol. The van der Waals surface area contributed by atoms with E-state index < -0.39 is 0 Å². The van der Waals surface area contributed by atoms with Gasteiger partial charge < -0.3 is 0 Å². The number of aromatic nitrogens is 2. The van der Waals surface area contributed by atoms with Crippen molar-refractivity contribution in [3.05, 3.63) is 18.0 Å². The number of nitrogens with one attached hydrogen (secondary N) is 1. The highest BCUT2D eigenvalue weighted by Crippen LogP contribution is 2.18. The number of rotatable bonds is 3. The van der Waals surface area contributed by atoms with Crippen molar-refractivity contribution < 1.29 is 0 Å². The van der Waals surface area contributed by atoms with Crippen LogP contribution in [0.2, 0.25) is 0 Å². The van der Waals surface area contributed by atoms with Crippen LogP contribution in [0.5, 0.6) is 0 Å². The van der Waals surface area contributed by atoms with Gasteiger partial charge in [0.05, 0.1) is 6.20 Å². The van der Waals surface area contributed by atoms with E-state index in [1.807, 2.05) is 19.1 Å². The van der Waals surface area contributed by atoms with Crippen LogP contribution in [0.25, 0.3) is 6.08 Å². The molecular formula is C7H10N4S. The molecule has 1 rings (SSSR count). The highest BCUT2D eigenvalue weighted by Gasteiger charge is 2.02. The third kappa shape index (κ3) is 1.94. The van der Waals surface area contributed by atoms with Gasteiger partial charge in [-0.15, -0.1) is 0 Å². The van der Waals surface area contributed by atoms with Gasteiger partial charge in [0.1, 0.15) is 11.4 Å². The van der Waals surface area contributed by atoms with Crippen molar-refractivity contribution >= 4 is 24.6 Å². The van der Waals surface area contributed by atoms with Crippen molar-refractivity contribution in [2.45, 2.75) is 13.3 Å². The van der Waals surface area contributed by atoms with Crippen molar-refractivity contribution in [3.8, 4) is 0 Å². The Hall–Kier alpha value is -1.10. The molecule has 1 N–H and O–H groups in total. The molecule has 4 nitrogen and oxygen atoms in total. The van der Waals surface area contributed by atoms with Gasteiger partial charge in [-0.2, -0.15) is 10.2 Å². The number of hydrogen-bond donors (Lipinski definition) is 2. The lowest BCUT2D eigenvalue weighted by molar-refractivity contribution is 1.01. The first-order chi connectivity index (χ1) is 5.77. The van der Waals surface area contributed by atoms with Gasteiger partial charge >= 0.3 is 0 Å². The summed E-state index contributed by atoms with van der Waals surface area (Å²) < 4.78 is 1.35. The monoisotopic (exact) mass is 182 g/mol. The first-order valence-corrected chi connectivity index (χ1v) is 4.01. The first-order valence-electron chi connectivity index (χ1n) is 3.61. The topological polar surface area (TPSA) is 54.0 Å². The molecule has 0 atom stereocenters. The van der Waals surface area contributed by atoms with Crippen LogP contribution in [0.4, 0.5) is 5.69 Å². The molecule has 0 aliphatic carbocycles. The van der Waals surface area contributed by atoms with Crippen molar-refractivity contribution in [1.82, 2.24) is 9.19 Å². The van der Waals surface area contributed by atoms with Crippen molar-refractivity contribution in [1.29, 1.82) is 5.53 Å². The quantitative estimate of drug-likeness (QED) is 0.548. The summed E-state index contributed by atoms with van der Waals surface area (Å²) in [5, 5.41) is 7.31. The average molecular weight is 182 g/mol. The summed E-state index contributed by atoms with van der Waals surface area (Å²) in [7, 11) is 0. The maximum Gasteiger partial charge on any atom is 0.131 e. The van der Waals surface area contributed by atoms with Gasteiger partial charge in [0, 0.05) is 0 Å². The zero-order chi connectivity index (χ0) is 8.97. The number of allylic oxidation sites excluding steroid dienone is 1. The lowest BCUT2D eigenvalue weighted by Gasteiger charge is -1.84. The second-order valence-corrected chi connectivity index (χ2v) is 2.65. The van der Waals surface area contributed by atoms with E-state index in [4.69, 9.17) is 5.53 Å². The molecule has 64 valence electrons. The Balaban J connectivity index is 2.96. The molecule has 0 aromatic carbocycles. The van der Waals surface area contributed by atoms with E-state index in [-0.39, 0.29) is 0 Å². The zero-order valence-corrected chi connectivity index (χ0v) is 7.62. The third-order valence-electron chi connectivity index (χ3n) is 1.34. The number of nitrogens with zero attached hydrogens (tertiary/aromatic N) is 3. The minimum Gasteiger partial charge on any atom is -0.214 e. The Kier molecular flexibility index (Phi) is 3.04. The molecule has 0 aliphatic rings. The second kappa shape index (κ2) is 4.06. The molecule has 0 bridgehead atoms. The van der Waals surface area contributed by atoms with Gasteiger partial charge in [-0.25, -0.2) is 9.62 Å². The zero-order valence-electron chi connectivity index (χ0n) is 6.73. The van der Waals surface area contributed by atoms with Gasteiger partial charge in [-0.3, -0.25) is 0 Å². The van der Waals surface area contributed by atoms with Crippen LogP contribution in [0.1, 0.15) is 19.0 Å². The van der Waals surface area contributed by atoms with Crippen molar-refractivity contribution in [2.75, 3.05) is 0 Å². The van der Waals surface area contributed by atoms with Crippen LogP contribution in [0.15, 0.2) is 17.4 Å². The van der Waals surface area contributed by atoms with Crippen LogP contribution in [-0.2, 0) is 0 Å². The molecule has 5 heteroatoms. The SMILES string of the molecule is CC/C=C\c1nn(S)cc1N=N. The van der Waals surface area contributed by atoms with Crippen LogP contribution in [0.3, 0.4) is 0 Å². The van der Waals surface area contributed by atoms with Gasteiger partial charge in [0.15, 0.2) is 0 Å². The minimum atomic E-state index is 0.537. The molecule has 0 saturated heterocycles. The van der Waals surface area contributed by atoms with E-state index in [1.54, 1.807) is 6.20 Å². The molecule has 1 heterocycles. The van der Waals surface area contributed by atoms with E-state index in [0.717, 1.165) is 6.42 Å². The molecule has 0 radical (unpaired) electrons. The van der Waals surface area contributed by atoms with E-state index >= 15 is 0 Å². The van der Waals surface area contributed by atoms with E-state index in [2.05, 4.69) is 23.0 Å². The lowest BCUT2D eigenvalue weighted by Crippen LogP contribution is -1.79. The third-order valence-corrected chi connectivity index (χ3v) is 1.55. The summed E-state index contributed by atoms with van der Waals surface area (Å²) in [4.78, 5) is 0. The van der Waals surface area contributed by atoms with Crippen LogP contribution in [0, 0.1) is 5.53 Å². The fourth-order valence-electron chi connectivity index (χ4n) is 0.800. The Morgan fingerprint density at radius 2 is 2.58 bits per heavy atom. The molecule has 0 saturated carbocycles. The summed E-state index contributed by atoms with van der Waals surface area (Å²) in [6.07, 6.45) is 6.33. The molecule has 0 fully saturated rings. The first kappa shape index (κ1) is 8.99. The van der Waals surface area contributed by atoms with Crippen LogP contribution >= 0.6 is 12.8 Å². The van der Waals surface area contributed by atoms with Crippen molar-refractivity contribution in [2.24, 2.45) is 5.11 Å². The molecule has 1 aromatic rings. The van der Waals surface area contributed by atoms with Gasteiger partial charge in [0.2, 0.25) is 0 Å². The average Bonchev–Trinajstić information content (AvgIpc) is 2.42. The molecule has 1 aromatic heterocycles. The van der Waals surface area contributed by atoms with E-state index in [0.29, 0.717) is 11.4 Å². The molecular weight excluding hydrogens is 172 g/mol. The second-order valence-electron chi connectivity index (χ2n) is 2.24. The van der Waals surface area contributed by atoms with Crippen LogP contribution < -0.4 is 0 Å². The lowest BCUT2D eigenvalue weighted by atomic mass is 10.3.